The molecule has 3 aromatic rings. The van der Waals surface area contributed by atoms with Crippen LogP contribution in [-0.4, -0.2) is 25.1 Å². The summed E-state index contributed by atoms with van der Waals surface area (Å²) >= 11 is 0. The van der Waals surface area contributed by atoms with E-state index in [1.54, 1.807) is 13.1 Å². The van der Waals surface area contributed by atoms with Crippen molar-refractivity contribution in [3.8, 4) is 0 Å². The van der Waals surface area contributed by atoms with Crippen molar-refractivity contribution in [3.63, 3.8) is 0 Å². The van der Waals surface area contributed by atoms with Crippen LogP contribution < -0.4 is 5.56 Å². The highest BCUT2D eigenvalue weighted by atomic mass is 16.1. The Balaban J connectivity index is 1.95. The number of carbonyl (C=O) groups is 1. The third-order valence-corrected chi connectivity index (χ3v) is 3.86. The molecule has 0 saturated carbocycles. The second-order valence-corrected chi connectivity index (χ2v) is 5.41. The number of hydrogen-bond acceptors (Lipinski definition) is 4. The molecule has 0 amide bonds. The van der Waals surface area contributed by atoms with Crippen molar-refractivity contribution in [1.29, 1.82) is 0 Å². The third kappa shape index (κ3) is 2.32. The Morgan fingerprint density at radius 3 is 2.73 bits per heavy atom. The largest absolute Gasteiger partial charge is 0.292 e. The minimum atomic E-state index is -0.254. The first-order chi connectivity index (χ1) is 10.5. The van der Waals surface area contributed by atoms with E-state index in [1.807, 2.05) is 26.0 Å². The lowest BCUT2D eigenvalue weighted by molar-refractivity contribution is 0.0970. The molecule has 0 atom stereocenters. The van der Waals surface area contributed by atoms with E-state index in [0.717, 1.165) is 11.1 Å². The predicted octanol–water partition coefficient (Wildman–Crippen LogP) is 1.63. The van der Waals surface area contributed by atoms with Gasteiger partial charge >= 0.3 is 0 Å². The molecule has 0 spiro atoms. The number of benzene rings is 1. The van der Waals surface area contributed by atoms with Crippen LogP contribution in [0, 0.1) is 13.8 Å². The number of aromatic nitrogens is 4. The average Bonchev–Trinajstić information content (AvgIpc) is 2.87. The standard InChI is InChI=1S/C16H16N4O2/c1-10-4-5-12(6-11(10)2)14(21)8-20-9-17-15-13(16(20)22)7-18-19(15)3/h4-7,9H,8H2,1-3H3. The first kappa shape index (κ1) is 14.2. The lowest BCUT2D eigenvalue weighted by Gasteiger charge is -2.07. The summed E-state index contributed by atoms with van der Waals surface area (Å²) in [5.74, 6) is -0.116. The molecule has 2 heterocycles. The van der Waals surface area contributed by atoms with Crippen LogP contribution in [0.5, 0.6) is 0 Å². The van der Waals surface area contributed by atoms with Crippen LogP contribution in [0.1, 0.15) is 21.5 Å². The van der Waals surface area contributed by atoms with Crippen molar-refractivity contribution in [2.45, 2.75) is 20.4 Å². The van der Waals surface area contributed by atoms with Gasteiger partial charge in [-0.2, -0.15) is 5.10 Å². The number of aryl methyl sites for hydroxylation is 3. The summed E-state index contributed by atoms with van der Waals surface area (Å²) in [7, 11) is 1.72. The molecule has 6 nitrogen and oxygen atoms in total. The summed E-state index contributed by atoms with van der Waals surface area (Å²) in [4.78, 5) is 28.9. The Morgan fingerprint density at radius 1 is 1.23 bits per heavy atom. The van der Waals surface area contributed by atoms with Crippen molar-refractivity contribution in [1.82, 2.24) is 19.3 Å². The minimum Gasteiger partial charge on any atom is -0.292 e. The molecular formula is C16H16N4O2. The molecule has 0 N–H and O–H groups in total. The number of hydrogen-bond donors (Lipinski definition) is 0. The fourth-order valence-electron chi connectivity index (χ4n) is 2.34. The van der Waals surface area contributed by atoms with Gasteiger partial charge in [-0.05, 0) is 31.0 Å². The smallest absolute Gasteiger partial charge is 0.264 e. The molecule has 0 saturated heterocycles. The Morgan fingerprint density at radius 2 is 2.00 bits per heavy atom. The number of ketones is 1. The summed E-state index contributed by atoms with van der Waals surface area (Å²) in [5.41, 5.74) is 3.04. The lowest BCUT2D eigenvalue weighted by atomic mass is 10.0. The van der Waals surface area contributed by atoms with Crippen LogP contribution in [-0.2, 0) is 13.6 Å². The Bertz CT molecular complexity index is 937. The summed E-state index contributed by atoms with van der Waals surface area (Å²) in [5, 5.41) is 4.43. The van der Waals surface area contributed by atoms with Gasteiger partial charge in [0, 0.05) is 12.6 Å². The molecular weight excluding hydrogens is 280 g/mol. The van der Waals surface area contributed by atoms with Crippen LogP contribution >= 0.6 is 0 Å². The number of Topliss-reactive ketones (excluding diaryl/α,β-unsaturated/α-hetero) is 1. The number of carbonyl (C=O) groups excluding carboxylic acids is 1. The molecule has 6 heteroatoms. The van der Waals surface area contributed by atoms with Crippen molar-refractivity contribution in [3.05, 3.63) is 57.8 Å². The number of fused-ring (bicyclic) bond motifs is 1. The molecule has 22 heavy (non-hydrogen) atoms. The first-order valence-electron chi connectivity index (χ1n) is 6.95. The van der Waals surface area contributed by atoms with Crippen LogP contribution in [0.25, 0.3) is 11.0 Å². The van der Waals surface area contributed by atoms with Crippen LogP contribution in [0.2, 0.25) is 0 Å². The zero-order valence-electron chi connectivity index (χ0n) is 12.7. The van der Waals surface area contributed by atoms with Gasteiger partial charge in [0.15, 0.2) is 11.4 Å². The van der Waals surface area contributed by atoms with E-state index in [-0.39, 0.29) is 17.9 Å². The van der Waals surface area contributed by atoms with E-state index in [0.29, 0.717) is 16.6 Å². The minimum absolute atomic E-state index is 0.0286. The molecule has 112 valence electrons. The number of nitrogens with zero attached hydrogens (tertiary/aromatic N) is 4. The Kier molecular flexibility index (Phi) is 3.36. The van der Waals surface area contributed by atoms with Gasteiger partial charge in [0.05, 0.1) is 12.7 Å². The van der Waals surface area contributed by atoms with Crippen molar-refractivity contribution < 1.29 is 4.79 Å². The maximum Gasteiger partial charge on any atom is 0.264 e. The van der Waals surface area contributed by atoms with Crippen molar-refractivity contribution >= 4 is 16.8 Å². The highest BCUT2D eigenvalue weighted by Crippen LogP contribution is 2.11. The van der Waals surface area contributed by atoms with Gasteiger partial charge in [0.25, 0.3) is 5.56 Å². The van der Waals surface area contributed by atoms with Gasteiger partial charge in [-0.15, -0.1) is 0 Å². The molecule has 0 bridgehead atoms. The highest BCUT2D eigenvalue weighted by Gasteiger charge is 2.12. The van der Waals surface area contributed by atoms with Crippen molar-refractivity contribution in [2.75, 3.05) is 0 Å². The quantitative estimate of drug-likeness (QED) is 0.689. The van der Waals surface area contributed by atoms with E-state index in [2.05, 4.69) is 10.1 Å². The van der Waals surface area contributed by atoms with E-state index < -0.39 is 0 Å². The second kappa shape index (κ2) is 5.22. The van der Waals surface area contributed by atoms with Gasteiger partial charge in [-0.25, -0.2) is 4.98 Å². The van der Waals surface area contributed by atoms with E-state index >= 15 is 0 Å². The zero-order valence-corrected chi connectivity index (χ0v) is 12.7. The van der Waals surface area contributed by atoms with E-state index in [4.69, 9.17) is 0 Å². The zero-order chi connectivity index (χ0) is 15.9. The summed E-state index contributed by atoms with van der Waals surface area (Å²) in [6, 6.07) is 5.54. The number of rotatable bonds is 3. The monoisotopic (exact) mass is 296 g/mol. The fraction of sp³-hybridized carbons (Fsp3) is 0.250. The summed E-state index contributed by atoms with van der Waals surface area (Å²) in [6.07, 6.45) is 2.87. The first-order valence-corrected chi connectivity index (χ1v) is 6.95. The second-order valence-electron chi connectivity index (χ2n) is 5.41. The summed E-state index contributed by atoms with van der Waals surface area (Å²) < 4.78 is 2.85. The maximum absolute atomic E-state index is 12.4. The predicted molar refractivity (Wildman–Crippen MR) is 83.0 cm³/mol. The molecule has 3 rings (SSSR count). The highest BCUT2D eigenvalue weighted by molar-refractivity contribution is 5.96. The molecule has 0 aliphatic carbocycles. The Hall–Kier alpha value is -2.76. The average molecular weight is 296 g/mol. The topological polar surface area (TPSA) is 69.8 Å². The fourth-order valence-corrected chi connectivity index (χ4v) is 2.34. The Labute approximate surface area is 127 Å². The SMILES string of the molecule is Cc1ccc(C(=O)Cn2cnc3c(cnn3C)c2=O)cc1C. The molecule has 0 radical (unpaired) electrons. The van der Waals surface area contributed by atoms with E-state index in [9.17, 15) is 9.59 Å². The van der Waals surface area contributed by atoms with Gasteiger partial charge < -0.3 is 0 Å². The van der Waals surface area contributed by atoms with Gasteiger partial charge in [-0.1, -0.05) is 12.1 Å². The van der Waals surface area contributed by atoms with Crippen LogP contribution in [0.3, 0.4) is 0 Å². The van der Waals surface area contributed by atoms with Crippen LogP contribution in [0.4, 0.5) is 0 Å². The molecule has 0 aliphatic heterocycles. The molecule has 0 unspecified atom stereocenters. The third-order valence-electron chi connectivity index (χ3n) is 3.86. The van der Waals surface area contributed by atoms with Gasteiger partial charge in [0.2, 0.25) is 0 Å². The van der Waals surface area contributed by atoms with Crippen molar-refractivity contribution in [2.24, 2.45) is 7.05 Å². The van der Waals surface area contributed by atoms with Gasteiger partial charge in [0.1, 0.15) is 11.7 Å². The summed E-state index contributed by atoms with van der Waals surface area (Å²) in [6.45, 7) is 3.93. The molecule has 2 aromatic heterocycles. The molecule has 0 fully saturated rings. The normalized spacial score (nSPS) is 11.0. The maximum atomic E-state index is 12.4. The van der Waals surface area contributed by atoms with E-state index in [1.165, 1.54) is 21.8 Å². The molecule has 0 aliphatic rings. The lowest BCUT2D eigenvalue weighted by Crippen LogP contribution is -2.24. The van der Waals surface area contributed by atoms with Crippen LogP contribution in [0.15, 0.2) is 35.5 Å². The van der Waals surface area contributed by atoms with Gasteiger partial charge in [-0.3, -0.25) is 18.8 Å². The molecule has 1 aromatic carbocycles.